The second-order valence-electron chi connectivity index (χ2n) is 3.84. The lowest BCUT2D eigenvalue weighted by molar-refractivity contribution is -0.116. The number of aryl methyl sites for hydroxylation is 1. The molecule has 15 heavy (non-hydrogen) atoms. The van der Waals surface area contributed by atoms with Gasteiger partial charge in [-0.15, -0.1) is 0 Å². The van der Waals surface area contributed by atoms with Crippen molar-refractivity contribution in [2.45, 2.75) is 26.2 Å². The van der Waals surface area contributed by atoms with Gasteiger partial charge in [0.15, 0.2) is 0 Å². The van der Waals surface area contributed by atoms with Gasteiger partial charge < -0.3 is 4.74 Å². The molecule has 0 saturated carbocycles. The van der Waals surface area contributed by atoms with Crippen LogP contribution >= 0.6 is 0 Å². The van der Waals surface area contributed by atoms with E-state index in [1.807, 2.05) is 0 Å². The number of ether oxygens (including phenoxy) is 1. The molecule has 0 unspecified atom stereocenters. The molecule has 1 aliphatic rings. The topological polar surface area (TPSA) is 26.3 Å². The van der Waals surface area contributed by atoms with E-state index in [1.54, 1.807) is 6.07 Å². The number of benzene rings is 1. The summed E-state index contributed by atoms with van der Waals surface area (Å²) >= 11 is 0. The molecule has 1 heterocycles. The number of carbonyl (C=O) groups excluding carboxylic acids is 1. The highest BCUT2D eigenvalue weighted by Gasteiger charge is 2.18. The molecule has 0 aromatic heterocycles. The van der Waals surface area contributed by atoms with Gasteiger partial charge in [-0.2, -0.15) is 0 Å². The molecule has 3 heteroatoms. The smallest absolute Gasteiger partial charge is 0.134 e. The Morgan fingerprint density at radius 3 is 3.07 bits per heavy atom. The van der Waals surface area contributed by atoms with Crippen molar-refractivity contribution in [3.63, 3.8) is 0 Å². The number of halogens is 1. The summed E-state index contributed by atoms with van der Waals surface area (Å²) in [6, 6.07) is 3.17. The first-order valence-electron chi connectivity index (χ1n) is 5.11. The van der Waals surface area contributed by atoms with Gasteiger partial charge in [-0.25, -0.2) is 4.39 Å². The Kier molecular flexibility index (Phi) is 2.71. The summed E-state index contributed by atoms with van der Waals surface area (Å²) in [5, 5.41) is 0. The maximum absolute atomic E-state index is 13.5. The molecule has 0 fully saturated rings. The molecule has 80 valence electrons. The summed E-state index contributed by atoms with van der Waals surface area (Å²) in [6.45, 7) is 2.07. The van der Waals surface area contributed by atoms with Gasteiger partial charge in [0.25, 0.3) is 0 Å². The van der Waals surface area contributed by atoms with Gasteiger partial charge in [0.1, 0.15) is 17.3 Å². The van der Waals surface area contributed by atoms with Gasteiger partial charge in [-0.05, 0) is 31.4 Å². The lowest BCUT2D eigenvalue weighted by Crippen LogP contribution is -2.13. The van der Waals surface area contributed by atoms with Crippen LogP contribution in [0.1, 0.15) is 24.5 Å². The minimum absolute atomic E-state index is 0.0449. The molecular formula is C12H13FO2. The third kappa shape index (κ3) is 2.01. The molecule has 0 radical (unpaired) electrons. The zero-order chi connectivity index (χ0) is 10.8. The molecular weight excluding hydrogens is 195 g/mol. The number of hydrogen-bond acceptors (Lipinski definition) is 2. The van der Waals surface area contributed by atoms with Crippen LogP contribution in [0.15, 0.2) is 12.1 Å². The molecule has 0 atom stereocenters. The minimum atomic E-state index is -0.342. The van der Waals surface area contributed by atoms with E-state index in [9.17, 15) is 9.18 Å². The van der Waals surface area contributed by atoms with Gasteiger partial charge in [0.05, 0.1) is 6.61 Å². The molecule has 0 spiro atoms. The summed E-state index contributed by atoms with van der Waals surface area (Å²) in [5.41, 5.74) is 1.43. The van der Waals surface area contributed by atoms with Gasteiger partial charge in [-0.3, -0.25) is 4.79 Å². The molecule has 0 aliphatic carbocycles. The van der Waals surface area contributed by atoms with E-state index in [1.165, 1.54) is 13.0 Å². The molecule has 1 aromatic carbocycles. The number of carbonyl (C=O) groups is 1. The predicted octanol–water partition coefficient (Wildman–Crippen LogP) is 2.28. The molecule has 1 aliphatic heterocycles. The average molecular weight is 208 g/mol. The predicted molar refractivity (Wildman–Crippen MR) is 54.6 cm³/mol. The fourth-order valence-electron chi connectivity index (χ4n) is 1.88. The second-order valence-corrected chi connectivity index (χ2v) is 3.84. The highest BCUT2D eigenvalue weighted by atomic mass is 19.1. The van der Waals surface area contributed by atoms with Crippen LogP contribution in [-0.4, -0.2) is 12.4 Å². The van der Waals surface area contributed by atoms with E-state index in [0.29, 0.717) is 17.9 Å². The Labute approximate surface area is 88.1 Å². The molecule has 0 saturated heterocycles. The van der Waals surface area contributed by atoms with Crippen LogP contribution < -0.4 is 4.74 Å². The maximum Gasteiger partial charge on any atom is 0.134 e. The molecule has 2 nitrogen and oxygen atoms in total. The largest absolute Gasteiger partial charge is 0.493 e. The Bertz CT molecular complexity index is 399. The van der Waals surface area contributed by atoms with Crippen molar-refractivity contribution >= 4 is 5.78 Å². The van der Waals surface area contributed by atoms with Gasteiger partial charge >= 0.3 is 0 Å². The van der Waals surface area contributed by atoms with Gasteiger partial charge in [-0.1, -0.05) is 6.07 Å². The van der Waals surface area contributed by atoms with E-state index in [-0.39, 0.29) is 18.0 Å². The van der Waals surface area contributed by atoms with E-state index in [0.717, 1.165) is 18.4 Å². The summed E-state index contributed by atoms with van der Waals surface area (Å²) < 4.78 is 18.9. The van der Waals surface area contributed by atoms with Crippen molar-refractivity contribution in [3.05, 3.63) is 29.1 Å². The summed E-state index contributed by atoms with van der Waals surface area (Å²) in [6.07, 6.45) is 1.98. The third-order valence-corrected chi connectivity index (χ3v) is 2.55. The quantitative estimate of drug-likeness (QED) is 0.745. The van der Waals surface area contributed by atoms with Crippen LogP contribution in [0.25, 0.3) is 0 Å². The molecule has 0 amide bonds. The van der Waals surface area contributed by atoms with Crippen molar-refractivity contribution in [1.29, 1.82) is 0 Å². The van der Waals surface area contributed by atoms with Crippen LogP contribution in [0.3, 0.4) is 0 Å². The van der Waals surface area contributed by atoms with Crippen molar-refractivity contribution in [1.82, 2.24) is 0 Å². The van der Waals surface area contributed by atoms with Crippen LogP contribution in [0.5, 0.6) is 5.75 Å². The highest BCUT2D eigenvalue weighted by Crippen LogP contribution is 2.31. The number of Topliss-reactive ketones (excluding diaryl/α,β-unsaturated/α-hetero) is 1. The third-order valence-electron chi connectivity index (χ3n) is 2.55. The Morgan fingerprint density at radius 2 is 2.33 bits per heavy atom. The van der Waals surface area contributed by atoms with Crippen LogP contribution in [0.2, 0.25) is 0 Å². The standard InChI is InChI=1S/C12H13FO2/c1-8(14)7-10-11(13)5-4-9-3-2-6-15-12(9)10/h4-5H,2-3,6-7H2,1H3. The van der Waals surface area contributed by atoms with Crippen molar-refractivity contribution in [2.75, 3.05) is 6.61 Å². The Balaban J connectivity index is 2.45. The first kappa shape index (κ1) is 10.1. The van der Waals surface area contributed by atoms with Crippen LogP contribution in [0.4, 0.5) is 4.39 Å². The summed E-state index contributed by atoms with van der Waals surface area (Å²) in [7, 11) is 0. The molecule has 1 aromatic rings. The SMILES string of the molecule is CC(=O)Cc1c(F)ccc2c1OCCC2. The van der Waals surface area contributed by atoms with Crippen LogP contribution in [-0.2, 0) is 17.6 Å². The zero-order valence-electron chi connectivity index (χ0n) is 8.68. The first-order valence-corrected chi connectivity index (χ1v) is 5.11. The summed E-state index contributed by atoms with van der Waals surface area (Å²) in [4.78, 5) is 11.0. The fraction of sp³-hybridized carbons (Fsp3) is 0.417. The highest BCUT2D eigenvalue weighted by molar-refractivity contribution is 5.79. The summed E-state index contributed by atoms with van der Waals surface area (Å²) in [5.74, 6) is 0.207. The fourth-order valence-corrected chi connectivity index (χ4v) is 1.88. The van der Waals surface area contributed by atoms with Crippen LogP contribution in [0, 0.1) is 5.82 Å². The van der Waals surface area contributed by atoms with E-state index in [2.05, 4.69) is 0 Å². The number of ketones is 1. The lowest BCUT2D eigenvalue weighted by Gasteiger charge is -2.20. The van der Waals surface area contributed by atoms with Crippen molar-refractivity contribution in [2.24, 2.45) is 0 Å². The molecule has 0 N–H and O–H groups in total. The van der Waals surface area contributed by atoms with E-state index in [4.69, 9.17) is 4.74 Å². The van der Waals surface area contributed by atoms with Gasteiger partial charge in [0, 0.05) is 12.0 Å². The average Bonchev–Trinajstić information content (AvgIpc) is 2.22. The van der Waals surface area contributed by atoms with Crippen molar-refractivity contribution in [3.8, 4) is 5.75 Å². The monoisotopic (exact) mass is 208 g/mol. The molecule has 0 bridgehead atoms. The second kappa shape index (κ2) is 4.01. The zero-order valence-corrected chi connectivity index (χ0v) is 8.68. The molecule has 2 rings (SSSR count). The lowest BCUT2D eigenvalue weighted by atomic mass is 9.99. The Morgan fingerprint density at radius 1 is 1.53 bits per heavy atom. The number of rotatable bonds is 2. The maximum atomic E-state index is 13.5. The minimum Gasteiger partial charge on any atom is -0.493 e. The van der Waals surface area contributed by atoms with E-state index < -0.39 is 0 Å². The Hall–Kier alpha value is -1.38. The number of fused-ring (bicyclic) bond motifs is 1. The van der Waals surface area contributed by atoms with E-state index >= 15 is 0 Å². The van der Waals surface area contributed by atoms with Crippen molar-refractivity contribution < 1.29 is 13.9 Å². The number of hydrogen-bond donors (Lipinski definition) is 0. The first-order chi connectivity index (χ1) is 7.18. The van der Waals surface area contributed by atoms with Gasteiger partial charge in [0.2, 0.25) is 0 Å². The normalized spacial score (nSPS) is 14.3.